The molecule has 4 rings (SSSR count). The summed E-state index contributed by atoms with van der Waals surface area (Å²) in [6, 6.07) is 17.0. The lowest BCUT2D eigenvalue weighted by molar-refractivity contribution is 0.102. The number of benzene rings is 2. The number of rotatable bonds is 4. The molecule has 1 amide bonds. The van der Waals surface area contributed by atoms with Crippen molar-refractivity contribution in [1.29, 1.82) is 0 Å². The minimum absolute atomic E-state index is 0.283. The van der Waals surface area contributed by atoms with Crippen LogP contribution in [0.15, 0.2) is 60.8 Å². The van der Waals surface area contributed by atoms with Crippen molar-refractivity contribution in [3.8, 4) is 5.75 Å². The van der Waals surface area contributed by atoms with Gasteiger partial charge >= 0.3 is 0 Å². The van der Waals surface area contributed by atoms with E-state index in [0.29, 0.717) is 23.1 Å². The molecular weight excluding hydrogens is 328 g/mol. The number of ether oxygens (including phenoxy) is 1. The number of carbonyl (C=O) groups excluding carboxylic acids is 1. The van der Waals surface area contributed by atoms with Crippen LogP contribution < -0.4 is 15.0 Å². The third-order valence-corrected chi connectivity index (χ3v) is 4.33. The Hall–Kier alpha value is -3.41. The standard InChI is InChI=1S/C20H18N4O2/c1-26-16-7-4-6-15(13-16)22-19(25)17-9-11-21-20(23-17)24-12-10-14-5-2-3-8-18(14)24/h2-9,11,13H,10,12H2,1H3,(H,22,25). The molecule has 1 aliphatic rings. The Labute approximate surface area is 151 Å². The predicted molar refractivity (Wildman–Crippen MR) is 100 cm³/mol. The number of nitrogens with one attached hydrogen (secondary N) is 1. The number of carbonyl (C=O) groups is 1. The van der Waals surface area contributed by atoms with Gasteiger partial charge in [-0.25, -0.2) is 9.97 Å². The Morgan fingerprint density at radius 1 is 1.15 bits per heavy atom. The van der Waals surface area contributed by atoms with Crippen molar-refractivity contribution in [2.75, 3.05) is 23.9 Å². The quantitative estimate of drug-likeness (QED) is 0.784. The Kier molecular flexibility index (Phi) is 4.23. The van der Waals surface area contributed by atoms with E-state index in [1.54, 1.807) is 31.5 Å². The SMILES string of the molecule is COc1cccc(NC(=O)c2ccnc(N3CCc4ccccc43)n2)c1. The van der Waals surface area contributed by atoms with Crippen molar-refractivity contribution in [3.05, 3.63) is 72.1 Å². The van der Waals surface area contributed by atoms with Crippen molar-refractivity contribution in [2.24, 2.45) is 0 Å². The topological polar surface area (TPSA) is 67.3 Å². The average molecular weight is 346 g/mol. The zero-order chi connectivity index (χ0) is 17.9. The summed E-state index contributed by atoms with van der Waals surface area (Å²) < 4.78 is 5.18. The molecular formula is C20H18N4O2. The smallest absolute Gasteiger partial charge is 0.274 e. The van der Waals surface area contributed by atoms with E-state index in [2.05, 4.69) is 27.4 Å². The van der Waals surface area contributed by atoms with Gasteiger partial charge in [0.2, 0.25) is 5.95 Å². The summed E-state index contributed by atoms with van der Waals surface area (Å²) in [4.78, 5) is 23.4. The van der Waals surface area contributed by atoms with Crippen LogP contribution in [0.4, 0.5) is 17.3 Å². The van der Waals surface area contributed by atoms with Gasteiger partial charge in [0.05, 0.1) is 7.11 Å². The number of para-hydroxylation sites is 1. The summed E-state index contributed by atoms with van der Waals surface area (Å²) >= 11 is 0. The van der Waals surface area contributed by atoms with E-state index in [9.17, 15) is 4.79 Å². The number of amides is 1. The van der Waals surface area contributed by atoms with Gasteiger partial charge in [-0.1, -0.05) is 24.3 Å². The van der Waals surface area contributed by atoms with E-state index in [0.717, 1.165) is 18.7 Å². The molecule has 26 heavy (non-hydrogen) atoms. The molecule has 0 saturated carbocycles. The van der Waals surface area contributed by atoms with Crippen molar-refractivity contribution >= 4 is 23.2 Å². The third-order valence-electron chi connectivity index (χ3n) is 4.33. The molecule has 0 bridgehead atoms. The molecule has 0 saturated heterocycles. The van der Waals surface area contributed by atoms with E-state index in [1.165, 1.54) is 5.56 Å². The number of methoxy groups -OCH3 is 1. The van der Waals surface area contributed by atoms with Gasteiger partial charge in [0, 0.05) is 30.2 Å². The maximum absolute atomic E-state index is 12.6. The molecule has 2 aromatic carbocycles. The Morgan fingerprint density at radius 2 is 2.04 bits per heavy atom. The summed E-state index contributed by atoms with van der Waals surface area (Å²) in [5.74, 6) is 0.933. The highest BCUT2D eigenvalue weighted by Gasteiger charge is 2.22. The maximum Gasteiger partial charge on any atom is 0.274 e. The van der Waals surface area contributed by atoms with Crippen LogP contribution >= 0.6 is 0 Å². The van der Waals surface area contributed by atoms with Gasteiger partial charge in [-0.3, -0.25) is 4.79 Å². The van der Waals surface area contributed by atoms with E-state index < -0.39 is 0 Å². The Morgan fingerprint density at radius 3 is 2.92 bits per heavy atom. The molecule has 0 aliphatic carbocycles. The second-order valence-electron chi connectivity index (χ2n) is 5.96. The highest BCUT2D eigenvalue weighted by Crippen LogP contribution is 2.32. The first-order chi connectivity index (χ1) is 12.7. The average Bonchev–Trinajstić information content (AvgIpc) is 3.12. The Bertz CT molecular complexity index is 958. The lowest BCUT2D eigenvalue weighted by Gasteiger charge is -2.17. The minimum atomic E-state index is -0.283. The molecule has 0 radical (unpaired) electrons. The Balaban J connectivity index is 1.57. The van der Waals surface area contributed by atoms with E-state index >= 15 is 0 Å². The van der Waals surface area contributed by atoms with Gasteiger partial charge in [0.15, 0.2) is 0 Å². The van der Waals surface area contributed by atoms with E-state index in [1.807, 2.05) is 29.2 Å². The van der Waals surface area contributed by atoms with Crippen LogP contribution in [0.1, 0.15) is 16.1 Å². The van der Waals surface area contributed by atoms with Gasteiger partial charge in [-0.2, -0.15) is 0 Å². The van der Waals surface area contributed by atoms with Crippen LogP contribution in [-0.4, -0.2) is 29.5 Å². The molecule has 0 atom stereocenters. The third kappa shape index (κ3) is 3.09. The largest absolute Gasteiger partial charge is 0.497 e. The van der Waals surface area contributed by atoms with Gasteiger partial charge in [0.25, 0.3) is 5.91 Å². The monoisotopic (exact) mass is 346 g/mol. The molecule has 3 aromatic rings. The van der Waals surface area contributed by atoms with Crippen LogP contribution in [0.5, 0.6) is 5.75 Å². The number of fused-ring (bicyclic) bond motifs is 1. The molecule has 130 valence electrons. The zero-order valence-corrected chi connectivity index (χ0v) is 14.3. The van der Waals surface area contributed by atoms with Crippen molar-refractivity contribution in [2.45, 2.75) is 6.42 Å². The fourth-order valence-electron chi connectivity index (χ4n) is 3.05. The predicted octanol–water partition coefficient (Wildman–Crippen LogP) is 3.43. The van der Waals surface area contributed by atoms with E-state index in [4.69, 9.17) is 4.74 Å². The first-order valence-corrected chi connectivity index (χ1v) is 8.38. The molecule has 6 nitrogen and oxygen atoms in total. The fourth-order valence-corrected chi connectivity index (χ4v) is 3.05. The lowest BCUT2D eigenvalue weighted by Crippen LogP contribution is -2.20. The summed E-state index contributed by atoms with van der Waals surface area (Å²) in [6.45, 7) is 0.806. The highest BCUT2D eigenvalue weighted by atomic mass is 16.5. The summed E-state index contributed by atoms with van der Waals surface area (Å²) in [6.07, 6.45) is 2.56. The van der Waals surface area contributed by atoms with Crippen molar-refractivity contribution in [1.82, 2.24) is 9.97 Å². The van der Waals surface area contributed by atoms with Gasteiger partial charge in [-0.15, -0.1) is 0 Å². The minimum Gasteiger partial charge on any atom is -0.497 e. The molecule has 2 heterocycles. The zero-order valence-electron chi connectivity index (χ0n) is 14.3. The number of hydrogen-bond donors (Lipinski definition) is 1. The summed E-state index contributed by atoms with van der Waals surface area (Å²) in [5, 5.41) is 2.84. The van der Waals surface area contributed by atoms with E-state index in [-0.39, 0.29) is 5.91 Å². The molecule has 1 aromatic heterocycles. The number of aromatic nitrogens is 2. The molecule has 1 aliphatic heterocycles. The number of nitrogens with zero attached hydrogens (tertiary/aromatic N) is 3. The number of hydrogen-bond acceptors (Lipinski definition) is 5. The number of anilines is 3. The molecule has 6 heteroatoms. The molecule has 0 unspecified atom stereocenters. The highest BCUT2D eigenvalue weighted by molar-refractivity contribution is 6.03. The van der Waals surface area contributed by atoms with Crippen LogP contribution in [0.25, 0.3) is 0 Å². The van der Waals surface area contributed by atoms with Crippen LogP contribution in [0.3, 0.4) is 0 Å². The summed E-state index contributed by atoms with van der Waals surface area (Å²) in [7, 11) is 1.59. The second-order valence-corrected chi connectivity index (χ2v) is 5.96. The van der Waals surface area contributed by atoms with Crippen LogP contribution in [0, 0.1) is 0 Å². The van der Waals surface area contributed by atoms with Crippen molar-refractivity contribution < 1.29 is 9.53 Å². The first kappa shape index (κ1) is 16.1. The molecule has 0 fully saturated rings. The maximum atomic E-state index is 12.6. The summed E-state index contributed by atoms with van der Waals surface area (Å²) in [5.41, 5.74) is 3.34. The van der Waals surface area contributed by atoms with Crippen LogP contribution in [0.2, 0.25) is 0 Å². The van der Waals surface area contributed by atoms with Crippen LogP contribution in [-0.2, 0) is 6.42 Å². The fraction of sp³-hybridized carbons (Fsp3) is 0.150. The molecule has 1 N–H and O–H groups in total. The second kappa shape index (κ2) is 6.84. The normalized spacial score (nSPS) is 12.6. The van der Waals surface area contributed by atoms with Gasteiger partial charge in [0.1, 0.15) is 11.4 Å². The first-order valence-electron chi connectivity index (χ1n) is 8.38. The van der Waals surface area contributed by atoms with Gasteiger partial charge in [-0.05, 0) is 36.2 Å². The van der Waals surface area contributed by atoms with Gasteiger partial charge < -0.3 is 15.0 Å². The lowest BCUT2D eigenvalue weighted by atomic mass is 10.2. The van der Waals surface area contributed by atoms with Crippen molar-refractivity contribution in [3.63, 3.8) is 0 Å². The molecule has 0 spiro atoms.